The molecule has 0 saturated heterocycles. The van der Waals surface area contributed by atoms with Crippen LogP contribution in [0.3, 0.4) is 0 Å². The number of nitro benzene ring substituents is 1. The molecule has 1 aromatic carbocycles. The predicted molar refractivity (Wildman–Crippen MR) is 86.6 cm³/mol. The average Bonchev–Trinajstić information content (AvgIpc) is 3.35. The Labute approximate surface area is 143 Å². The number of nitrogen functional groups attached to an aromatic ring is 1. The molecule has 0 radical (unpaired) electrons. The summed E-state index contributed by atoms with van der Waals surface area (Å²) in [4.78, 5) is 46.7. The Morgan fingerprint density at radius 2 is 2.08 bits per heavy atom. The molecule has 0 atom stereocenters. The maximum Gasteiger partial charge on any atom is 0.341 e. The van der Waals surface area contributed by atoms with Gasteiger partial charge in [0.15, 0.2) is 6.61 Å². The molecule has 1 saturated carbocycles. The number of carbonyl (C=O) groups is 3. The first-order valence-corrected chi connectivity index (χ1v) is 7.52. The minimum absolute atomic E-state index is 0.000199. The molecule has 1 aromatic rings. The van der Waals surface area contributed by atoms with Gasteiger partial charge in [-0.2, -0.15) is 0 Å². The molecule has 134 valence electrons. The van der Waals surface area contributed by atoms with Crippen LogP contribution in [0.1, 0.15) is 23.2 Å². The molecule has 1 fully saturated rings. The lowest BCUT2D eigenvalue weighted by Crippen LogP contribution is -2.40. The Balaban J connectivity index is 1.88. The Hall–Kier alpha value is -3.17. The lowest BCUT2D eigenvalue weighted by molar-refractivity contribution is -0.384. The standard InChI is InChI=1S/C15H18N4O6/c1-18(7-13(20)17-9-2-3-9)14(21)8-25-15(22)11-6-10(19(23)24)4-5-12(11)16/h4-6,9H,2-3,7-8,16H2,1H3,(H,17,20). The molecule has 1 aliphatic rings. The highest BCUT2D eigenvalue weighted by molar-refractivity contribution is 5.97. The molecule has 3 N–H and O–H groups in total. The van der Waals surface area contributed by atoms with E-state index in [1.807, 2.05) is 0 Å². The summed E-state index contributed by atoms with van der Waals surface area (Å²) >= 11 is 0. The van der Waals surface area contributed by atoms with Gasteiger partial charge in [-0.1, -0.05) is 0 Å². The summed E-state index contributed by atoms with van der Waals surface area (Å²) in [7, 11) is 1.41. The van der Waals surface area contributed by atoms with Crippen LogP contribution in [0, 0.1) is 10.1 Å². The molecule has 0 spiro atoms. The van der Waals surface area contributed by atoms with Gasteiger partial charge < -0.3 is 20.7 Å². The van der Waals surface area contributed by atoms with Gasteiger partial charge in [0.1, 0.15) is 0 Å². The highest BCUT2D eigenvalue weighted by atomic mass is 16.6. The minimum Gasteiger partial charge on any atom is -0.452 e. The molecular weight excluding hydrogens is 332 g/mol. The summed E-state index contributed by atoms with van der Waals surface area (Å²) in [5, 5.41) is 13.5. The second kappa shape index (κ2) is 7.60. The third-order valence-electron chi connectivity index (χ3n) is 3.54. The Bertz CT molecular complexity index is 716. The molecule has 25 heavy (non-hydrogen) atoms. The summed E-state index contributed by atoms with van der Waals surface area (Å²) in [5.41, 5.74) is 5.09. The number of amides is 2. The number of rotatable bonds is 7. The van der Waals surface area contributed by atoms with E-state index in [0.29, 0.717) is 0 Å². The summed E-state index contributed by atoms with van der Waals surface area (Å²) < 4.78 is 4.84. The van der Waals surface area contributed by atoms with E-state index >= 15 is 0 Å². The number of nitro groups is 1. The second-order valence-electron chi connectivity index (χ2n) is 5.70. The van der Waals surface area contributed by atoms with Crippen molar-refractivity contribution < 1.29 is 24.0 Å². The first-order valence-electron chi connectivity index (χ1n) is 7.52. The third kappa shape index (κ3) is 5.16. The second-order valence-corrected chi connectivity index (χ2v) is 5.70. The normalized spacial score (nSPS) is 13.0. The van der Waals surface area contributed by atoms with E-state index in [0.717, 1.165) is 29.9 Å². The molecule has 0 aromatic heterocycles. The number of non-ortho nitro benzene ring substituents is 1. The van der Waals surface area contributed by atoms with Gasteiger partial charge in [0, 0.05) is 30.9 Å². The number of anilines is 1. The topological polar surface area (TPSA) is 145 Å². The Kier molecular flexibility index (Phi) is 5.52. The minimum atomic E-state index is -0.953. The van der Waals surface area contributed by atoms with Gasteiger partial charge >= 0.3 is 5.97 Å². The zero-order valence-corrected chi connectivity index (χ0v) is 13.6. The molecule has 0 heterocycles. The van der Waals surface area contributed by atoms with E-state index in [1.54, 1.807) is 0 Å². The number of hydrogen-bond donors (Lipinski definition) is 2. The summed E-state index contributed by atoms with van der Waals surface area (Å²) in [5.74, 6) is -1.82. The first-order chi connectivity index (χ1) is 11.8. The van der Waals surface area contributed by atoms with Crippen LogP contribution in [0.2, 0.25) is 0 Å². The van der Waals surface area contributed by atoms with Crippen LogP contribution in [-0.4, -0.2) is 53.8 Å². The maximum absolute atomic E-state index is 12.0. The number of benzene rings is 1. The molecule has 2 amide bonds. The fourth-order valence-electron chi connectivity index (χ4n) is 1.95. The number of likely N-dealkylation sites (N-methyl/N-ethyl adjacent to an activating group) is 1. The Morgan fingerprint density at radius 1 is 1.40 bits per heavy atom. The summed E-state index contributed by atoms with van der Waals surface area (Å²) in [6, 6.07) is 3.54. The van der Waals surface area contributed by atoms with Crippen LogP contribution < -0.4 is 11.1 Å². The van der Waals surface area contributed by atoms with Crippen LogP contribution in [-0.2, 0) is 14.3 Å². The number of nitrogens with two attached hydrogens (primary N) is 1. The molecule has 2 rings (SSSR count). The van der Waals surface area contributed by atoms with Crippen molar-refractivity contribution in [3.05, 3.63) is 33.9 Å². The fraction of sp³-hybridized carbons (Fsp3) is 0.400. The number of carbonyl (C=O) groups excluding carboxylic acids is 3. The maximum atomic E-state index is 12.0. The average molecular weight is 350 g/mol. The molecule has 0 aliphatic heterocycles. The monoisotopic (exact) mass is 350 g/mol. The quantitative estimate of drug-likeness (QED) is 0.306. The SMILES string of the molecule is CN(CC(=O)NC1CC1)C(=O)COC(=O)c1cc([N+](=O)[O-])ccc1N. The van der Waals surface area contributed by atoms with Gasteiger partial charge in [0.05, 0.1) is 17.0 Å². The van der Waals surface area contributed by atoms with Crippen molar-refractivity contribution in [1.29, 1.82) is 0 Å². The van der Waals surface area contributed by atoms with Crippen molar-refractivity contribution >= 4 is 29.2 Å². The van der Waals surface area contributed by atoms with Crippen LogP contribution in [0.25, 0.3) is 0 Å². The predicted octanol–water partition coefficient (Wildman–Crippen LogP) is 0.0708. The smallest absolute Gasteiger partial charge is 0.341 e. The van der Waals surface area contributed by atoms with Gasteiger partial charge in [-0.25, -0.2) is 4.79 Å². The van der Waals surface area contributed by atoms with E-state index in [4.69, 9.17) is 10.5 Å². The molecule has 10 heteroatoms. The number of nitrogens with one attached hydrogen (secondary N) is 1. The van der Waals surface area contributed by atoms with Gasteiger partial charge in [-0.15, -0.1) is 0 Å². The van der Waals surface area contributed by atoms with Crippen LogP contribution in [0.15, 0.2) is 18.2 Å². The van der Waals surface area contributed by atoms with E-state index < -0.39 is 23.4 Å². The van der Waals surface area contributed by atoms with Gasteiger partial charge in [0.2, 0.25) is 5.91 Å². The first kappa shape index (κ1) is 18.2. The molecule has 10 nitrogen and oxygen atoms in total. The van der Waals surface area contributed by atoms with E-state index in [-0.39, 0.29) is 35.4 Å². The van der Waals surface area contributed by atoms with Crippen molar-refractivity contribution in [3.8, 4) is 0 Å². The lowest BCUT2D eigenvalue weighted by atomic mass is 10.1. The zero-order chi connectivity index (χ0) is 18.6. The van der Waals surface area contributed by atoms with Gasteiger partial charge in [-0.3, -0.25) is 19.7 Å². The third-order valence-corrected chi connectivity index (χ3v) is 3.54. The van der Waals surface area contributed by atoms with Crippen LogP contribution >= 0.6 is 0 Å². The van der Waals surface area contributed by atoms with E-state index in [1.165, 1.54) is 13.1 Å². The van der Waals surface area contributed by atoms with Crippen molar-refractivity contribution in [2.45, 2.75) is 18.9 Å². The van der Waals surface area contributed by atoms with Crippen molar-refractivity contribution in [2.75, 3.05) is 25.9 Å². The lowest BCUT2D eigenvalue weighted by Gasteiger charge is -2.16. The summed E-state index contributed by atoms with van der Waals surface area (Å²) in [6.07, 6.45) is 1.87. The summed E-state index contributed by atoms with van der Waals surface area (Å²) in [6.45, 7) is -0.750. The molecule has 0 unspecified atom stereocenters. The molecule has 1 aliphatic carbocycles. The van der Waals surface area contributed by atoms with Crippen molar-refractivity contribution in [2.24, 2.45) is 0 Å². The fourth-order valence-corrected chi connectivity index (χ4v) is 1.95. The molecule has 0 bridgehead atoms. The molecular formula is C15H18N4O6. The van der Waals surface area contributed by atoms with Crippen LogP contribution in [0.4, 0.5) is 11.4 Å². The van der Waals surface area contributed by atoms with E-state index in [9.17, 15) is 24.5 Å². The van der Waals surface area contributed by atoms with E-state index in [2.05, 4.69) is 5.32 Å². The largest absolute Gasteiger partial charge is 0.452 e. The van der Waals surface area contributed by atoms with Crippen LogP contribution in [0.5, 0.6) is 0 Å². The zero-order valence-electron chi connectivity index (χ0n) is 13.6. The van der Waals surface area contributed by atoms with Crippen molar-refractivity contribution in [3.63, 3.8) is 0 Å². The Morgan fingerprint density at radius 3 is 2.68 bits per heavy atom. The van der Waals surface area contributed by atoms with Gasteiger partial charge in [0.25, 0.3) is 11.6 Å². The number of ether oxygens (including phenoxy) is 1. The highest BCUT2D eigenvalue weighted by Crippen LogP contribution is 2.20. The van der Waals surface area contributed by atoms with Gasteiger partial charge in [-0.05, 0) is 18.9 Å². The number of esters is 1. The van der Waals surface area contributed by atoms with Crippen molar-refractivity contribution in [1.82, 2.24) is 10.2 Å². The number of hydrogen-bond acceptors (Lipinski definition) is 7. The highest BCUT2D eigenvalue weighted by Gasteiger charge is 2.25. The number of nitrogens with zero attached hydrogens (tertiary/aromatic N) is 2.